The first kappa shape index (κ1) is 27.2. The number of esters is 1. The average molecular weight is 550 g/mol. The summed E-state index contributed by atoms with van der Waals surface area (Å²) in [5, 5.41) is 4.34. The highest BCUT2D eigenvalue weighted by Gasteiger charge is 2.16. The number of ether oxygens (including phenoxy) is 2. The molecule has 0 atom stereocenters. The van der Waals surface area contributed by atoms with E-state index in [0.29, 0.717) is 10.6 Å². The fourth-order valence-corrected chi connectivity index (χ4v) is 4.09. The largest absolute Gasteiger partial charge is 0.493 e. The van der Waals surface area contributed by atoms with Crippen molar-refractivity contribution in [1.29, 1.82) is 0 Å². The van der Waals surface area contributed by atoms with Crippen LogP contribution in [0.15, 0.2) is 70.7 Å². The van der Waals surface area contributed by atoms with E-state index >= 15 is 0 Å². The van der Waals surface area contributed by atoms with Gasteiger partial charge in [-0.05, 0) is 61.0 Å². The lowest BCUT2D eigenvalue weighted by Gasteiger charge is -2.10. The van der Waals surface area contributed by atoms with Crippen LogP contribution in [0.25, 0.3) is 0 Å². The quantitative estimate of drug-likeness (QED) is 0.180. The summed E-state index contributed by atoms with van der Waals surface area (Å²) in [4.78, 5) is 24.5. The van der Waals surface area contributed by atoms with E-state index in [1.165, 1.54) is 55.8 Å². The van der Waals surface area contributed by atoms with Crippen molar-refractivity contribution in [3.8, 4) is 11.5 Å². The number of carbonyl (C=O) groups is 2. The molecule has 0 heterocycles. The minimum atomic E-state index is -3.83. The number of hydrazone groups is 1. The van der Waals surface area contributed by atoms with Gasteiger partial charge in [0.1, 0.15) is 0 Å². The van der Waals surface area contributed by atoms with Crippen molar-refractivity contribution in [2.24, 2.45) is 5.10 Å². The molecule has 3 aromatic carbocycles. The van der Waals surface area contributed by atoms with Gasteiger partial charge in [0.2, 0.25) is 10.0 Å². The molecule has 0 fully saturated rings. The van der Waals surface area contributed by atoms with E-state index in [-0.39, 0.29) is 27.0 Å². The Morgan fingerprint density at radius 1 is 0.972 bits per heavy atom. The zero-order chi connectivity index (χ0) is 26.3. The summed E-state index contributed by atoms with van der Waals surface area (Å²) < 4.78 is 37.4. The lowest BCUT2D eigenvalue weighted by atomic mass is 10.2. The van der Waals surface area contributed by atoms with Crippen molar-refractivity contribution >= 4 is 51.3 Å². The summed E-state index contributed by atoms with van der Waals surface area (Å²) in [6, 6.07) is 15.2. The normalized spacial score (nSPS) is 11.3. The monoisotopic (exact) mass is 549 g/mol. The molecule has 0 saturated heterocycles. The first-order chi connectivity index (χ1) is 17.1. The van der Waals surface area contributed by atoms with E-state index in [1.54, 1.807) is 18.2 Å². The predicted molar refractivity (Wildman–Crippen MR) is 137 cm³/mol. The van der Waals surface area contributed by atoms with E-state index in [4.69, 9.17) is 32.7 Å². The Balaban J connectivity index is 1.58. The molecule has 1 amide bonds. The first-order valence-electron chi connectivity index (χ1n) is 10.3. The van der Waals surface area contributed by atoms with Crippen LogP contribution in [0, 0.1) is 6.92 Å². The Morgan fingerprint density at radius 3 is 2.36 bits per heavy atom. The van der Waals surface area contributed by atoms with Gasteiger partial charge < -0.3 is 9.47 Å². The Morgan fingerprint density at radius 2 is 1.69 bits per heavy atom. The summed E-state index contributed by atoms with van der Waals surface area (Å²) in [6.45, 7) is 1.34. The number of hydrogen-bond acceptors (Lipinski definition) is 7. The second-order valence-electron chi connectivity index (χ2n) is 7.36. The van der Waals surface area contributed by atoms with Crippen LogP contribution in [0.1, 0.15) is 21.5 Å². The van der Waals surface area contributed by atoms with Crippen molar-refractivity contribution in [3.63, 3.8) is 0 Å². The minimum Gasteiger partial charge on any atom is -0.493 e. The maximum Gasteiger partial charge on any atom is 0.343 e. The third kappa shape index (κ3) is 7.28. The maximum atomic E-state index is 12.4. The van der Waals surface area contributed by atoms with Crippen molar-refractivity contribution in [2.75, 3.05) is 13.7 Å². The average Bonchev–Trinajstić information content (AvgIpc) is 2.85. The highest BCUT2D eigenvalue weighted by atomic mass is 35.5. The number of methoxy groups -OCH3 is 1. The second kappa shape index (κ2) is 12.0. The topological polar surface area (TPSA) is 123 Å². The molecule has 12 heteroatoms. The molecule has 0 saturated carbocycles. The Kier molecular flexibility index (Phi) is 9.05. The zero-order valence-electron chi connectivity index (χ0n) is 19.1. The van der Waals surface area contributed by atoms with Crippen LogP contribution in [0.5, 0.6) is 11.5 Å². The van der Waals surface area contributed by atoms with Crippen molar-refractivity contribution < 1.29 is 27.5 Å². The molecule has 0 radical (unpaired) electrons. The molecule has 0 unspecified atom stereocenters. The van der Waals surface area contributed by atoms with Gasteiger partial charge in [-0.15, -0.1) is 0 Å². The predicted octanol–water partition coefficient (Wildman–Crippen LogP) is 3.96. The summed E-state index contributed by atoms with van der Waals surface area (Å²) in [5.74, 6) is -0.931. The Bertz CT molecular complexity index is 1410. The van der Waals surface area contributed by atoms with Gasteiger partial charge in [-0.3, -0.25) is 4.79 Å². The number of nitrogens with zero attached hydrogens (tertiary/aromatic N) is 1. The van der Waals surface area contributed by atoms with Crippen LogP contribution in [0.3, 0.4) is 0 Å². The van der Waals surface area contributed by atoms with Gasteiger partial charge in [-0.2, -0.15) is 5.10 Å². The fraction of sp³-hybridized carbons (Fsp3) is 0.125. The van der Waals surface area contributed by atoms with E-state index in [9.17, 15) is 18.0 Å². The van der Waals surface area contributed by atoms with Crippen LogP contribution in [-0.2, 0) is 14.8 Å². The van der Waals surface area contributed by atoms with Crippen LogP contribution in [0.4, 0.5) is 0 Å². The molecule has 9 nitrogen and oxygen atoms in total. The van der Waals surface area contributed by atoms with E-state index in [2.05, 4.69) is 15.2 Å². The lowest BCUT2D eigenvalue weighted by Crippen LogP contribution is -2.34. The number of benzene rings is 3. The van der Waals surface area contributed by atoms with E-state index < -0.39 is 28.4 Å². The molecule has 0 aromatic heterocycles. The maximum absolute atomic E-state index is 12.4. The summed E-state index contributed by atoms with van der Waals surface area (Å²) in [6.07, 6.45) is 1.32. The van der Waals surface area contributed by atoms with Gasteiger partial charge in [0, 0.05) is 0 Å². The Labute approximate surface area is 218 Å². The van der Waals surface area contributed by atoms with Crippen molar-refractivity contribution in [1.82, 2.24) is 10.1 Å². The van der Waals surface area contributed by atoms with Crippen LogP contribution in [0.2, 0.25) is 10.0 Å². The van der Waals surface area contributed by atoms with E-state index in [0.717, 1.165) is 5.56 Å². The van der Waals surface area contributed by atoms with Gasteiger partial charge >= 0.3 is 5.97 Å². The number of amides is 1. The smallest absolute Gasteiger partial charge is 0.343 e. The molecular formula is C24H21Cl2N3O6S. The van der Waals surface area contributed by atoms with Crippen LogP contribution >= 0.6 is 23.2 Å². The molecule has 3 aromatic rings. The van der Waals surface area contributed by atoms with Gasteiger partial charge in [0.15, 0.2) is 11.5 Å². The molecular weight excluding hydrogens is 529 g/mol. The van der Waals surface area contributed by atoms with Crippen molar-refractivity contribution in [3.05, 3.63) is 87.4 Å². The van der Waals surface area contributed by atoms with Gasteiger partial charge in [-0.25, -0.2) is 23.4 Å². The Hall–Kier alpha value is -3.44. The number of nitrogens with one attached hydrogen (secondary N) is 2. The third-order valence-corrected chi connectivity index (χ3v) is 6.86. The van der Waals surface area contributed by atoms with Crippen molar-refractivity contribution in [2.45, 2.75) is 11.8 Å². The summed E-state index contributed by atoms with van der Waals surface area (Å²) in [5.41, 5.74) is 3.87. The van der Waals surface area contributed by atoms with E-state index in [1.807, 2.05) is 6.92 Å². The molecule has 0 aliphatic carbocycles. The molecule has 36 heavy (non-hydrogen) atoms. The highest BCUT2D eigenvalue weighted by Crippen LogP contribution is 2.29. The number of halogens is 2. The molecule has 0 aliphatic rings. The lowest BCUT2D eigenvalue weighted by molar-refractivity contribution is -0.119. The first-order valence-corrected chi connectivity index (χ1v) is 12.6. The number of carbonyl (C=O) groups excluding carboxylic acids is 2. The number of rotatable bonds is 9. The van der Waals surface area contributed by atoms with Gasteiger partial charge in [-0.1, -0.05) is 40.9 Å². The SMILES string of the molecule is COc1cc(C=NNC(=O)CNS(=O)(=O)c2ccc(C)cc2)ccc1OC(=O)c1ccc(Cl)c(Cl)c1. The molecule has 188 valence electrons. The van der Waals surface area contributed by atoms with Crippen LogP contribution < -0.4 is 19.6 Å². The highest BCUT2D eigenvalue weighted by molar-refractivity contribution is 7.89. The molecule has 0 bridgehead atoms. The van der Waals surface area contributed by atoms with Gasteiger partial charge in [0.05, 0.1) is 40.4 Å². The minimum absolute atomic E-state index is 0.0523. The number of aryl methyl sites for hydroxylation is 1. The van der Waals surface area contributed by atoms with Crippen LogP contribution in [-0.4, -0.2) is 40.2 Å². The number of sulfonamides is 1. The fourth-order valence-electron chi connectivity index (χ4n) is 2.81. The molecule has 2 N–H and O–H groups in total. The second-order valence-corrected chi connectivity index (χ2v) is 9.94. The summed E-state index contributed by atoms with van der Waals surface area (Å²) in [7, 11) is -2.43. The summed E-state index contributed by atoms with van der Waals surface area (Å²) >= 11 is 11.8. The number of hydrogen-bond donors (Lipinski definition) is 2. The standard InChI is InChI=1S/C24H21Cl2N3O6S/c1-15-3-7-18(8-4-15)36(32,33)28-14-23(30)29-27-13-16-5-10-21(22(11-16)34-2)35-24(31)17-6-9-19(25)20(26)12-17/h3-13,28H,14H2,1-2H3,(H,29,30). The molecule has 0 aliphatic heterocycles. The van der Waals surface area contributed by atoms with Gasteiger partial charge in [0.25, 0.3) is 5.91 Å². The third-order valence-electron chi connectivity index (χ3n) is 4.70. The zero-order valence-corrected chi connectivity index (χ0v) is 21.4. The molecule has 3 rings (SSSR count). The molecule has 0 spiro atoms.